The van der Waals surface area contributed by atoms with Gasteiger partial charge in [0.1, 0.15) is 5.75 Å². The summed E-state index contributed by atoms with van der Waals surface area (Å²) in [5.74, 6) is 0.913. The van der Waals surface area contributed by atoms with E-state index in [0.717, 1.165) is 38.1 Å². The lowest BCUT2D eigenvalue weighted by Crippen LogP contribution is -2.19. The lowest BCUT2D eigenvalue weighted by molar-refractivity contribution is 0.271. The topological polar surface area (TPSA) is 32.7 Å². The van der Waals surface area contributed by atoms with Gasteiger partial charge in [-0.3, -0.25) is 0 Å². The smallest absolute Gasteiger partial charge is 0.119 e. The van der Waals surface area contributed by atoms with Gasteiger partial charge in [0.05, 0.1) is 7.11 Å². The molecule has 0 aliphatic heterocycles. The minimum Gasteiger partial charge on any atom is -0.497 e. The number of hydrogen-bond donors (Lipinski definition) is 1. The third-order valence-electron chi connectivity index (χ3n) is 2.78. The lowest BCUT2D eigenvalue weighted by Gasteiger charge is -2.16. The van der Waals surface area contributed by atoms with Crippen LogP contribution >= 0.6 is 0 Å². The Morgan fingerprint density at radius 3 is 2.76 bits per heavy atom. The van der Waals surface area contributed by atoms with E-state index in [4.69, 9.17) is 9.84 Å². The molecular weight excluding hydrogens is 214 g/mol. The fourth-order valence-corrected chi connectivity index (χ4v) is 1.83. The summed E-state index contributed by atoms with van der Waals surface area (Å²) in [6, 6.07) is 8.18. The molecule has 1 N–H and O–H groups in total. The molecule has 0 fully saturated rings. The van der Waals surface area contributed by atoms with E-state index in [-0.39, 0.29) is 0 Å². The van der Waals surface area contributed by atoms with E-state index < -0.39 is 0 Å². The fourth-order valence-electron chi connectivity index (χ4n) is 1.83. The molecule has 0 aromatic heterocycles. The molecule has 1 rings (SSSR count). The van der Waals surface area contributed by atoms with E-state index in [0.29, 0.717) is 6.61 Å². The third-order valence-corrected chi connectivity index (χ3v) is 2.78. The Bertz CT molecular complexity index is 315. The number of ether oxygens (including phenoxy) is 1. The summed E-state index contributed by atoms with van der Waals surface area (Å²) < 4.78 is 5.20. The largest absolute Gasteiger partial charge is 0.497 e. The first-order chi connectivity index (χ1) is 8.26. The molecule has 0 saturated heterocycles. The van der Waals surface area contributed by atoms with Gasteiger partial charge in [-0.15, -0.1) is 0 Å². The van der Waals surface area contributed by atoms with Crippen LogP contribution in [0.4, 0.5) is 0 Å². The molecule has 0 atom stereocenters. The van der Waals surface area contributed by atoms with Gasteiger partial charge in [0.2, 0.25) is 0 Å². The zero-order valence-corrected chi connectivity index (χ0v) is 10.9. The molecule has 0 heterocycles. The van der Waals surface area contributed by atoms with Crippen molar-refractivity contribution in [2.24, 2.45) is 0 Å². The van der Waals surface area contributed by atoms with Crippen LogP contribution in [0.5, 0.6) is 5.75 Å². The predicted octanol–water partition coefficient (Wildman–Crippen LogP) is 2.29. The summed E-state index contributed by atoms with van der Waals surface area (Å²) in [6.45, 7) is 2.31. The normalized spacial score (nSPS) is 10.8. The minimum atomic E-state index is 0.305. The van der Waals surface area contributed by atoms with E-state index in [2.05, 4.69) is 24.1 Å². The van der Waals surface area contributed by atoms with Crippen molar-refractivity contribution in [1.29, 1.82) is 0 Å². The zero-order chi connectivity index (χ0) is 12.5. The van der Waals surface area contributed by atoms with E-state index in [1.165, 1.54) is 5.56 Å². The van der Waals surface area contributed by atoms with E-state index in [1.54, 1.807) is 7.11 Å². The summed E-state index contributed by atoms with van der Waals surface area (Å²) in [6.07, 6.45) is 3.15. The highest BCUT2D eigenvalue weighted by Crippen LogP contribution is 2.14. The number of rotatable bonds is 8. The van der Waals surface area contributed by atoms with Crippen LogP contribution in [-0.2, 0) is 6.54 Å². The van der Waals surface area contributed by atoms with Crippen LogP contribution in [0.3, 0.4) is 0 Å². The first kappa shape index (κ1) is 14.0. The van der Waals surface area contributed by atoms with E-state index in [9.17, 15) is 0 Å². The zero-order valence-electron chi connectivity index (χ0n) is 10.9. The van der Waals surface area contributed by atoms with Crippen molar-refractivity contribution in [3.05, 3.63) is 29.8 Å². The first-order valence-corrected chi connectivity index (χ1v) is 6.18. The quantitative estimate of drug-likeness (QED) is 0.704. The minimum absolute atomic E-state index is 0.305. The molecule has 0 amide bonds. The van der Waals surface area contributed by atoms with Crippen molar-refractivity contribution in [2.45, 2.75) is 25.8 Å². The summed E-state index contributed by atoms with van der Waals surface area (Å²) in [5.41, 5.74) is 1.27. The summed E-state index contributed by atoms with van der Waals surface area (Å²) >= 11 is 0. The maximum atomic E-state index is 8.70. The standard InChI is InChI=1S/C14H23NO2/c1-15(9-4-3-5-10-16)12-13-7-6-8-14(11-13)17-2/h6-8,11,16H,3-5,9-10,12H2,1-2H3. The van der Waals surface area contributed by atoms with Gasteiger partial charge in [-0.25, -0.2) is 0 Å². The molecule has 1 aromatic carbocycles. The molecule has 3 heteroatoms. The molecule has 0 unspecified atom stereocenters. The second kappa shape index (κ2) is 8.09. The maximum absolute atomic E-state index is 8.70. The Balaban J connectivity index is 2.31. The van der Waals surface area contributed by atoms with Crippen molar-refractivity contribution in [2.75, 3.05) is 27.3 Å². The van der Waals surface area contributed by atoms with Crippen molar-refractivity contribution in [3.63, 3.8) is 0 Å². The van der Waals surface area contributed by atoms with Gasteiger partial charge in [-0.05, 0) is 50.6 Å². The van der Waals surface area contributed by atoms with Crippen LogP contribution in [0.15, 0.2) is 24.3 Å². The van der Waals surface area contributed by atoms with Crippen LogP contribution in [0.2, 0.25) is 0 Å². The average Bonchev–Trinajstić information content (AvgIpc) is 2.35. The molecule has 0 radical (unpaired) electrons. The van der Waals surface area contributed by atoms with Gasteiger partial charge in [0, 0.05) is 13.2 Å². The Kier molecular flexibility index (Phi) is 6.67. The van der Waals surface area contributed by atoms with Crippen LogP contribution in [0.25, 0.3) is 0 Å². The summed E-state index contributed by atoms with van der Waals surface area (Å²) in [5, 5.41) is 8.70. The molecule has 0 bridgehead atoms. The van der Waals surface area contributed by atoms with Gasteiger partial charge in [0.25, 0.3) is 0 Å². The summed E-state index contributed by atoms with van der Waals surface area (Å²) in [4.78, 5) is 2.30. The highest BCUT2D eigenvalue weighted by atomic mass is 16.5. The molecule has 17 heavy (non-hydrogen) atoms. The van der Waals surface area contributed by atoms with Gasteiger partial charge >= 0.3 is 0 Å². The van der Waals surface area contributed by atoms with Gasteiger partial charge in [-0.2, -0.15) is 0 Å². The monoisotopic (exact) mass is 237 g/mol. The number of unbranched alkanes of at least 4 members (excludes halogenated alkanes) is 2. The number of hydrogen-bond acceptors (Lipinski definition) is 3. The number of nitrogens with zero attached hydrogens (tertiary/aromatic N) is 1. The lowest BCUT2D eigenvalue weighted by atomic mass is 10.2. The van der Waals surface area contributed by atoms with Crippen LogP contribution < -0.4 is 4.74 Å². The molecular formula is C14H23NO2. The third kappa shape index (κ3) is 5.71. The van der Waals surface area contributed by atoms with E-state index in [1.807, 2.05) is 12.1 Å². The van der Waals surface area contributed by atoms with Gasteiger partial charge in [0.15, 0.2) is 0 Å². The Morgan fingerprint density at radius 2 is 2.06 bits per heavy atom. The Labute approximate surface area is 104 Å². The molecule has 0 aliphatic rings. The van der Waals surface area contributed by atoms with E-state index >= 15 is 0 Å². The highest BCUT2D eigenvalue weighted by molar-refractivity contribution is 5.28. The number of methoxy groups -OCH3 is 1. The van der Waals surface area contributed by atoms with Crippen LogP contribution in [0, 0.1) is 0 Å². The SMILES string of the molecule is COc1cccc(CN(C)CCCCCO)c1. The second-order valence-electron chi connectivity index (χ2n) is 4.37. The average molecular weight is 237 g/mol. The van der Waals surface area contributed by atoms with Crippen molar-refractivity contribution in [3.8, 4) is 5.75 Å². The Morgan fingerprint density at radius 1 is 1.24 bits per heavy atom. The number of benzene rings is 1. The Hall–Kier alpha value is -1.06. The van der Waals surface area contributed by atoms with Crippen molar-refractivity contribution in [1.82, 2.24) is 4.90 Å². The molecule has 0 spiro atoms. The number of aliphatic hydroxyl groups excluding tert-OH is 1. The second-order valence-corrected chi connectivity index (χ2v) is 4.37. The highest BCUT2D eigenvalue weighted by Gasteiger charge is 2.01. The molecule has 96 valence electrons. The van der Waals surface area contributed by atoms with Crippen LogP contribution in [-0.4, -0.2) is 37.3 Å². The molecule has 0 saturated carbocycles. The van der Waals surface area contributed by atoms with Crippen LogP contribution in [0.1, 0.15) is 24.8 Å². The fraction of sp³-hybridized carbons (Fsp3) is 0.571. The van der Waals surface area contributed by atoms with Crippen molar-refractivity contribution < 1.29 is 9.84 Å². The van der Waals surface area contributed by atoms with Crippen molar-refractivity contribution >= 4 is 0 Å². The van der Waals surface area contributed by atoms with Gasteiger partial charge < -0.3 is 14.7 Å². The molecule has 3 nitrogen and oxygen atoms in total. The van der Waals surface area contributed by atoms with Gasteiger partial charge in [-0.1, -0.05) is 12.1 Å². The first-order valence-electron chi connectivity index (χ1n) is 6.18. The number of aliphatic hydroxyl groups is 1. The predicted molar refractivity (Wildman–Crippen MR) is 70.3 cm³/mol. The molecule has 0 aliphatic carbocycles. The maximum Gasteiger partial charge on any atom is 0.119 e. The summed E-state index contributed by atoms with van der Waals surface area (Å²) in [7, 11) is 3.82. The molecule has 1 aromatic rings.